The SMILES string of the molecule is OCC1(CNCc2ccc(OCC(F)F)cc2)CCOCC1. The first-order valence-corrected chi connectivity index (χ1v) is 7.53. The molecule has 124 valence electrons. The first-order valence-electron chi connectivity index (χ1n) is 7.53. The van der Waals surface area contributed by atoms with Crippen molar-refractivity contribution in [3.8, 4) is 5.75 Å². The molecule has 1 fully saturated rings. The number of hydrogen-bond acceptors (Lipinski definition) is 4. The molecule has 0 spiro atoms. The highest BCUT2D eigenvalue weighted by Gasteiger charge is 2.31. The zero-order valence-electron chi connectivity index (χ0n) is 12.6. The molecule has 0 saturated carbocycles. The van der Waals surface area contributed by atoms with Crippen LogP contribution in [0.5, 0.6) is 5.75 Å². The fourth-order valence-electron chi connectivity index (χ4n) is 2.53. The van der Waals surface area contributed by atoms with Gasteiger partial charge in [0.1, 0.15) is 12.4 Å². The summed E-state index contributed by atoms with van der Waals surface area (Å²) >= 11 is 0. The summed E-state index contributed by atoms with van der Waals surface area (Å²) in [6.07, 6.45) is -0.746. The third-order valence-corrected chi connectivity index (χ3v) is 4.02. The fourth-order valence-corrected chi connectivity index (χ4v) is 2.53. The molecule has 1 aromatic rings. The summed E-state index contributed by atoms with van der Waals surface area (Å²) in [6.45, 7) is 2.35. The number of alkyl halides is 2. The maximum absolute atomic E-state index is 12.0. The Morgan fingerprint density at radius 3 is 2.50 bits per heavy atom. The lowest BCUT2D eigenvalue weighted by Crippen LogP contribution is -2.41. The number of hydrogen-bond donors (Lipinski definition) is 2. The number of aliphatic hydroxyl groups excluding tert-OH is 1. The average Bonchev–Trinajstić information content (AvgIpc) is 2.55. The van der Waals surface area contributed by atoms with Crippen LogP contribution >= 0.6 is 0 Å². The van der Waals surface area contributed by atoms with Gasteiger partial charge in [0.2, 0.25) is 0 Å². The van der Waals surface area contributed by atoms with E-state index in [1.807, 2.05) is 12.1 Å². The largest absolute Gasteiger partial charge is 0.488 e. The van der Waals surface area contributed by atoms with Gasteiger partial charge in [0.15, 0.2) is 0 Å². The Morgan fingerprint density at radius 2 is 1.91 bits per heavy atom. The van der Waals surface area contributed by atoms with Crippen LogP contribution in [-0.4, -0.2) is 44.5 Å². The van der Waals surface area contributed by atoms with Crippen molar-refractivity contribution in [1.82, 2.24) is 5.32 Å². The normalized spacial score (nSPS) is 17.6. The molecule has 6 heteroatoms. The summed E-state index contributed by atoms with van der Waals surface area (Å²) < 4.78 is 34.4. The Kier molecular flexibility index (Phi) is 6.54. The monoisotopic (exact) mass is 315 g/mol. The molecule has 0 atom stereocenters. The molecule has 0 amide bonds. The van der Waals surface area contributed by atoms with Gasteiger partial charge >= 0.3 is 0 Å². The topological polar surface area (TPSA) is 50.7 Å². The highest BCUT2D eigenvalue weighted by molar-refractivity contribution is 5.27. The maximum Gasteiger partial charge on any atom is 0.272 e. The molecule has 1 heterocycles. The van der Waals surface area contributed by atoms with E-state index in [4.69, 9.17) is 9.47 Å². The van der Waals surface area contributed by atoms with Crippen molar-refractivity contribution in [2.75, 3.05) is 33.0 Å². The second kappa shape index (κ2) is 8.41. The van der Waals surface area contributed by atoms with Crippen LogP contribution in [0.15, 0.2) is 24.3 Å². The zero-order valence-corrected chi connectivity index (χ0v) is 12.6. The van der Waals surface area contributed by atoms with Crippen LogP contribution < -0.4 is 10.1 Å². The second-order valence-electron chi connectivity index (χ2n) is 5.72. The van der Waals surface area contributed by atoms with Crippen LogP contribution in [0, 0.1) is 5.41 Å². The fraction of sp³-hybridized carbons (Fsp3) is 0.625. The summed E-state index contributed by atoms with van der Waals surface area (Å²) in [6, 6.07) is 7.08. The quantitative estimate of drug-likeness (QED) is 0.772. The van der Waals surface area contributed by atoms with E-state index in [0.717, 1.165) is 24.9 Å². The second-order valence-corrected chi connectivity index (χ2v) is 5.72. The number of aliphatic hydroxyl groups is 1. The summed E-state index contributed by atoms with van der Waals surface area (Å²) in [5, 5.41) is 13.0. The van der Waals surface area contributed by atoms with Crippen LogP contribution in [0.3, 0.4) is 0 Å². The van der Waals surface area contributed by atoms with Crippen molar-refractivity contribution in [2.45, 2.75) is 25.8 Å². The third kappa shape index (κ3) is 5.19. The maximum atomic E-state index is 12.0. The molecule has 1 aromatic carbocycles. The van der Waals surface area contributed by atoms with Crippen molar-refractivity contribution in [3.05, 3.63) is 29.8 Å². The Bertz CT molecular complexity index is 434. The zero-order chi connectivity index (χ0) is 15.8. The summed E-state index contributed by atoms with van der Waals surface area (Å²) in [4.78, 5) is 0. The molecule has 0 aromatic heterocycles. The van der Waals surface area contributed by atoms with Crippen LogP contribution in [0.25, 0.3) is 0 Å². The van der Waals surface area contributed by atoms with E-state index < -0.39 is 13.0 Å². The Labute approximate surface area is 129 Å². The Hall–Kier alpha value is -1.24. The number of ether oxygens (including phenoxy) is 2. The summed E-state index contributed by atoms with van der Waals surface area (Å²) in [5.74, 6) is 0.445. The molecule has 1 saturated heterocycles. The lowest BCUT2D eigenvalue weighted by atomic mass is 9.81. The van der Waals surface area contributed by atoms with Crippen LogP contribution in [-0.2, 0) is 11.3 Å². The first-order chi connectivity index (χ1) is 10.6. The van der Waals surface area contributed by atoms with E-state index >= 15 is 0 Å². The summed E-state index contributed by atoms with van der Waals surface area (Å²) in [5.41, 5.74) is 0.947. The van der Waals surface area contributed by atoms with E-state index in [9.17, 15) is 13.9 Å². The molecule has 0 radical (unpaired) electrons. The molecule has 22 heavy (non-hydrogen) atoms. The average molecular weight is 315 g/mol. The highest BCUT2D eigenvalue weighted by atomic mass is 19.3. The van der Waals surface area contributed by atoms with Crippen molar-refractivity contribution in [3.63, 3.8) is 0 Å². The van der Waals surface area contributed by atoms with Gasteiger partial charge in [0.05, 0.1) is 6.61 Å². The summed E-state index contributed by atoms with van der Waals surface area (Å²) in [7, 11) is 0. The number of rotatable bonds is 8. The smallest absolute Gasteiger partial charge is 0.272 e. The minimum Gasteiger partial charge on any atom is -0.488 e. The van der Waals surface area contributed by atoms with Gasteiger partial charge in [-0.15, -0.1) is 0 Å². The van der Waals surface area contributed by atoms with Gasteiger partial charge < -0.3 is 19.9 Å². The van der Waals surface area contributed by atoms with Gasteiger partial charge in [-0.2, -0.15) is 0 Å². The lowest BCUT2D eigenvalue weighted by Gasteiger charge is -2.35. The van der Waals surface area contributed by atoms with Gasteiger partial charge in [-0.3, -0.25) is 0 Å². The van der Waals surface area contributed by atoms with Gasteiger partial charge in [0.25, 0.3) is 6.43 Å². The molecule has 1 aliphatic rings. The minimum absolute atomic E-state index is 0.0986. The van der Waals surface area contributed by atoms with Gasteiger partial charge in [-0.05, 0) is 30.5 Å². The van der Waals surface area contributed by atoms with Gasteiger partial charge in [0, 0.05) is 31.7 Å². The molecule has 2 N–H and O–H groups in total. The lowest BCUT2D eigenvalue weighted by molar-refractivity contribution is -0.0154. The van der Waals surface area contributed by atoms with Crippen LogP contribution in [0.4, 0.5) is 8.78 Å². The van der Waals surface area contributed by atoms with Crippen molar-refractivity contribution >= 4 is 0 Å². The van der Waals surface area contributed by atoms with Crippen LogP contribution in [0.2, 0.25) is 0 Å². The molecule has 4 nitrogen and oxygen atoms in total. The van der Waals surface area contributed by atoms with E-state index in [-0.39, 0.29) is 12.0 Å². The van der Waals surface area contributed by atoms with Gasteiger partial charge in [-0.25, -0.2) is 8.78 Å². The third-order valence-electron chi connectivity index (χ3n) is 4.02. The van der Waals surface area contributed by atoms with E-state index in [0.29, 0.717) is 25.5 Å². The molecule has 0 aliphatic carbocycles. The molecule has 1 aliphatic heterocycles. The van der Waals surface area contributed by atoms with Crippen molar-refractivity contribution in [2.24, 2.45) is 5.41 Å². The Morgan fingerprint density at radius 1 is 1.23 bits per heavy atom. The molecule has 2 rings (SSSR count). The van der Waals surface area contributed by atoms with Crippen molar-refractivity contribution in [1.29, 1.82) is 0 Å². The number of halogens is 2. The molecule has 0 bridgehead atoms. The van der Waals surface area contributed by atoms with Crippen LogP contribution in [0.1, 0.15) is 18.4 Å². The molecular weight excluding hydrogens is 292 g/mol. The number of benzene rings is 1. The highest BCUT2D eigenvalue weighted by Crippen LogP contribution is 2.29. The molecular formula is C16H23F2NO3. The predicted octanol–water partition coefficient (Wildman–Crippen LogP) is 2.21. The minimum atomic E-state index is -2.46. The first kappa shape index (κ1) is 17.1. The molecule has 0 unspecified atom stereocenters. The number of nitrogens with one attached hydrogen (secondary N) is 1. The van der Waals surface area contributed by atoms with E-state index in [1.165, 1.54) is 0 Å². The standard InChI is InChI=1S/C16H23F2NO3/c17-15(18)10-22-14-3-1-13(2-4-14)9-19-11-16(12-20)5-7-21-8-6-16/h1-4,15,19-20H,5-12H2. The van der Waals surface area contributed by atoms with E-state index in [1.54, 1.807) is 12.1 Å². The van der Waals surface area contributed by atoms with Crippen molar-refractivity contribution < 1.29 is 23.4 Å². The predicted molar refractivity (Wildman–Crippen MR) is 79.2 cm³/mol. The van der Waals surface area contributed by atoms with Gasteiger partial charge in [-0.1, -0.05) is 12.1 Å². The van der Waals surface area contributed by atoms with E-state index in [2.05, 4.69) is 5.32 Å². The Balaban J connectivity index is 1.76.